The molecule has 0 saturated heterocycles. The minimum atomic E-state index is -0.166. The second kappa shape index (κ2) is 7.46. The van der Waals surface area contributed by atoms with Gasteiger partial charge in [0.15, 0.2) is 16.3 Å². The first-order chi connectivity index (χ1) is 11.3. The molecule has 0 aliphatic carbocycles. The van der Waals surface area contributed by atoms with E-state index in [1.165, 1.54) is 19.3 Å². The molecule has 2 N–H and O–H groups in total. The van der Waals surface area contributed by atoms with E-state index >= 15 is 0 Å². The Hall–Kier alpha value is -2.08. The highest BCUT2D eigenvalue weighted by atomic mass is 32.2. The van der Waals surface area contributed by atoms with Gasteiger partial charge in [-0.2, -0.15) is 0 Å². The van der Waals surface area contributed by atoms with Crippen molar-refractivity contribution in [3.63, 3.8) is 0 Å². The van der Waals surface area contributed by atoms with Crippen LogP contribution in [0, 0.1) is 0 Å². The second-order valence-electron chi connectivity index (χ2n) is 5.43. The van der Waals surface area contributed by atoms with Crippen LogP contribution in [0.15, 0.2) is 40.3 Å². The number of imidazole rings is 1. The van der Waals surface area contributed by atoms with Crippen LogP contribution >= 0.6 is 11.8 Å². The van der Waals surface area contributed by atoms with Crippen molar-refractivity contribution in [1.29, 1.82) is 0 Å². The fourth-order valence-electron chi connectivity index (χ4n) is 2.39. The lowest BCUT2D eigenvalue weighted by atomic mass is 10.2. The smallest absolute Gasteiger partial charge is 0.277 e. The minimum absolute atomic E-state index is 0.166. The van der Waals surface area contributed by atoms with Gasteiger partial charge in [0, 0.05) is 11.3 Å². The van der Waals surface area contributed by atoms with Gasteiger partial charge in [-0.3, -0.25) is 9.78 Å². The van der Waals surface area contributed by atoms with Gasteiger partial charge in [0.2, 0.25) is 0 Å². The Morgan fingerprint density at radius 3 is 2.65 bits per heavy atom. The van der Waals surface area contributed by atoms with Gasteiger partial charge < -0.3 is 4.98 Å². The third-order valence-corrected chi connectivity index (χ3v) is 4.58. The number of aromatic amines is 2. The molecule has 0 atom stereocenters. The fourth-order valence-corrected chi connectivity index (χ4v) is 3.24. The van der Waals surface area contributed by atoms with Crippen LogP contribution in [0.25, 0.3) is 22.6 Å². The molecule has 1 aromatic carbocycles. The molecule has 0 fully saturated rings. The van der Waals surface area contributed by atoms with Gasteiger partial charge in [0.05, 0.1) is 0 Å². The van der Waals surface area contributed by atoms with E-state index in [9.17, 15) is 4.79 Å². The van der Waals surface area contributed by atoms with E-state index in [2.05, 4.69) is 26.9 Å². The van der Waals surface area contributed by atoms with E-state index in [-0.39, 0.29) is 5.56 Å². The van der Waals surface area contributed by atoms with Gasteiger partial charge in [0.1, 0.15) is 5.82 Å². The number of hydrogen-bond donors (Lipinski definition) is 2. The summed E-state index contributed by atoms with van der Waals surface area (Å²) in [7, 11) is 0. The molecule has 5 nitrogen and oxygen atoms in total. The van der Waals surface area contributed by atoms with Crippen LogP contribution in [-0.2, 0) is 0 Å². The first-order valence-corrected chi connectivity index (χ1v) is 8.94. The van der Waals surface area contributed by atoms with E-state index in [4.69, 9.17) is 0 Å². The number of unbranched alkanes of at least 4 members (excludes halogenated alkanes) is 3. The summed E-state index contributed by atoms with van der Waals surface area (Å²) in [6.07, 6.45) is 4.83. The first-order valence-electron chi connectivity index (χ1n) is 7.96. The molecule has 120 valence electrons. The molecular weight excluding hydrogens is 308 g/mol. The Balaban J connectivity index is 1.80. The number of nitrogens with zero attached hydrogens (tertiary/aromatic N) is 2. The molecule has 0 aliphatic rings. The predicted octanol–water partition coefficient (Wildman–Crippen LogP) is 3.99. The molecular formula is C17H20N4OS. The molecule has 0 aliphatic heterocycles. The lowest BCUT2D eigenvalue weighted by Crippen LogP contribution is -2.09. The van der Waals surface area contributed by atoms with Crippen molar-refractivity contribution >= 4 is 22.9 Å². The number of benzene rings is 1. The van der Waals surface area contributed by atoms with Crippen LogP contribution in [0.1, 0.15) is 32.6 Å². The van der Waals surface area contributed by atoms with Gasteiger partial charge in [-0.15, -0.1) is 0 Å². The fraction of sp³-hybridized carbons (Fsp3) is 0.353. The summed E-state index contributed by atoms with van der Waals surface area (Å²) in [5, 5.41) is 0.644. The van der Waals surface area contributed by atoms with Crippen LogP contribution < -0.4 is 5.56 Å². The zero-order valence-corrected chi connectivity index (χ0v) is 13.9. The topological polar surface area (TPSA) is 74.4 Å². The minimum Gasteiger partial charge on any atom is -0.332 e. The SMILES string of the molecule is CCCCCCSc1nc2nc(-c3ccccc3)[nH]c2c(=O)[nH]1. The largest absolute Gasteiger partial charge is 0.332 e. The number of hydrogen-bond acceptors (Lipinski definition) is 4. The Kier molecular flexibility index (Phi) is 5.12. The first kappa shape index (κ1) is 15.8. The zero-order valence-electron chi connectivity index (χ0n) is 13.1. The predicted molar refractivity (Wildman–Crippen MR) is 94.8 cm³/mol. The average Bonchev–Trinajstić information content (AvgIpc) is 3.00. The molecule has 2 heterocycles. The van der Waals surface area contributed by atoms with Crippen molar-refractivity contribution in [2.45, 2.75) is 37.8 Å². The molecule has 0 radical (unpaired) electrons. The van der Waals surface area contributed by atoms with E-state index in [1.807, 2.05) is 30.3 Å². The number of thioether (sulfide) groups is 1. The summed E-state index contributed by atoms with van der Waals surface area (Å²) in [5.74, 6) is 1.63. The molecule has 3 rings (SSSR count). The van der Waals surface area contributed by atoms with Crippen molar-refractivity contribution in [3.8, 4) is 11.4 Å². The summed E-state index contributed by atoms with van der Waals surface area (Å²) in [6, 6.07) is 9.74. The number of H-pyrrole nitrogens is 2. The Morgan fingerprint density at radius 2 is 1.87 bits per heavy atom. The summed E-state index contributed by atoms with van der Waals surface area (Å²) in [6.45, 7) is 2.20. The maximum absolute atomic E-state index is 12.2. The highest BCUT2D eigenvalue weighted by Gasteiger charge is 2.11. The molecule has 0 bridgehead atoms. The van der Waals surface area contributed by atoms with E-state index in [1.54, 1.807) is 11.8 Å². The Morgan fingerprint density at radius 1 is 1.04 bits per heavy atom. The molecule has 3 aromatic rings. The van der Waals surface area contributed by atoms with Gasteiger partial charge in [-0.05, 0) is 6.42 Å². The maximum Gasteiger partial charge on any atom is 0.277 e. The van der Waals surface area contributed by atoms with Crippen LogP contribution in [0.2, 0.25) is 0 Å². The number of rotatable bonds is 7. The average molecular weight is 328 g/mol. The Labute approximate surface area is 139 Å². The van der Waals surface area contributed by atoms with Crippen molar-refractivity contribution in [2.24, 2.45) is 0 Å². The van der Waals surface area contributed by atoms with Gasteiger partial charge in [-0.1, -0.05) is 68.3 Å². The normalized spacial score (nSPS) is 11.2. The highest BCUT2D eigenvalue weighted by molar-refractivity contribution is 7.99. The molecule has 2 aromatic heterocycles. The van der Waals surface area contributed by atoms with Crippen molar-refractivity contribution in [1.82, 2.24) is 19.9 Å². The number of fused-ring (bicyclic) bond motifs is 1. The molecule has 6 heteroatoms. The molecule has 23 heavy (non-hydrogen) atoms. The van der Waals surface area contributed by atoms with Crippen LogP contribution in [-0.4, -0.2) is 25.7 Å². The third kappa shape index (κ3) is 3.82. The summed E-state index contributed by atoms with van der Waals surface area (Å²) in [4.78, 5) is 27.0. The number of nitrogens with one attached hydrogen (secondary N) is 2. The number of aromatic nitrogens is 4. The van der Waals surface area contributed by atoms with Crippen LogP contribution in [0.5, 0.6) is 0 Å². The van der Waals surface area contributed by atoms with Gasteiger partial charge in [0.25, 0.3) is 5.56 Å². The molecule has 0 amide bonds. The third-order valence-electron chi connectivity index (χ3n) is 3.62. The lowest BCUT2D eigenvalue weighted by Gasteiger charge is -2.00. The van der Waals surface area contributed by atoms with Crippen LogP contribution in [0.4, 0.5) is 0 Å². The highest BCUT2D eigenvalue weighted by Crippen LogP contribution is 2.20. The molecule has 0 unspecified atom stereocenters. The van der Waals surface area contributed by atoms with E-state index < -0.39 is 0 Å². The Bertz CT molecular complexity index is 825. The van der Waals surface area contributed by atoms with Crippen LogP contribution in [0.3, 0.4) is 0 Å². The van der Waals surface area contributed by atoms with E-state index in [0.717, 1.165) is 17.7 Å². The second-order valence-corrected chi connectivity index (χ2v) is 6.51. The maximum atomic E-state index is 12.2. The van der Waals surface area contributed by atoms with Crippen molar-refractivity contribution in [2.75, 3.05) is 5.75 Å². The monoisotopic (exact) mass is 328 g/mol. The summed E-state index contributed by atoms with van der Waals surface area (Å²) in [5.41, 5.74) is 1.68. The summed E-state index contributed by atoms with van der Waals surface area (Å²) < 4.78 is 0. The van der Waals surface area contributed by atoms with E-state index in [0.29, 0.717) is 22.1 Å². The molecule has 0 saturated carbocycles. The standard InChI is InChI=1S/C17H20N4OS/c1-2-3-4-8-11-23-17-20-15-13(16(22)21-17)18-14(19-15)12-9-6-5-7-10-12/h5-7,9-10H,2-4,8,11H2,1H3,(H2,18,19,20,21,22). The summed E-state index contributed by atoms with van der Waals surface area (Å²) >= 11 is 1.58. The van der Waals surface area contributed by atoms with Crippen molar-refractivity contribution < 1.29 is 0 Å². The van der Waals surface area contributed by atoms with Crippen molar-refractivity contribution in [3.05, 3.63) is 40.7 Å². The van der Waals surface area contributed by atoms with Gasteiger partial charge in [-0.25, -0.2) is 9.97 Å². The lowest BCUT2D eigenvalue weighted by molar-refractivity contribution is 0.706. The van der Waals surface area contributed by atoms with Gasteiger partial charge >= 0.3 is 0 Å². The quantitative estimate of drug-likeness (QED) is 0.391. The molecule has 0 spiro atoms. The zero-order chi connectivity index (χ0) is 16.1.